The van der Waals surface area contributed by atoms with Crippen LogP contribution >= 0.6 is 0 Å². The summed E-state index contributed by atoms with van der Waals surface area (Å²) in [7, 11) is 1.60. The quantitative estimate of drug-likeness (QED) is 0.744. The summed E-state index contributed by atoms with van der Waals surface area (Å²) in [5.41, 5.74) is 3.48. The average Bonchev–Trinajstić information content (AvgIpc) is 2.70. The molecule has 3 aromatic rings. The Labute approximate surface area is 151 Å². The van der Waals surface area contributed by atoms with Crippen molar-refractivity contribution >= 4 is 17.5 Å². The first kappa shape index (κ1) is 17.3. The van der Waals surface area contributed by atoms with Crippen molar-refractivity contribution in [3.05, 3.63) is 78.0 Å². The molecule has 0 atom stereocenters. The van der Waals surface area contributed by atoms with E-state index < -0.39 is 0 Å². The first-order valence-corrected chi connectivity index (χ1v) is 8.15. The summed E-state index contributed by atoms with van der Waals surface area (Å²) < 4.78 is 0. The van der Waals surface area contributed by atoms with E-state index in [0.29, 0.717) is 23.4 Å². The Kier molecular flexibility index (Phi) is 5.34. The Morgan fingerprint density at radius 3 is 2.42 bits per heavy atom. The average molecular weight is 346 g/mol. The molecule has 1 heterocycles. The van der Waals surface area contributed by atoms with Crippen molar-refractivity contribution in [1.82, 2.24) is 15.5 Å². The maximum Gasteiger partial charge on any atom is 0.257 e. The zero-order valence-corrected chi connectivity index (χ0v) is 14.3. The fourth-order valence-corrected chi connectivity index (χ4v) is 2.42. The predicted molar refractivity (Wildman–Crippen MR) is 99.6 cm³/mol. The molecule has 130 valence electrons. The summed E-state index contributed by atoms with van der Waals surface area (Å²) in [5, 5.41) is 13.4. The van der Waals surface area contributed by atoms with Gasteiger partial charge in [0.25, 0.3) is 5.91 Å². The van der Waals surface area contributed by atoms with Gasteiger partial charge in [0.1, 0.15) is 0 Å². The number of hydrogen-bond donors (Lipinski definition) is 2. The van der Waals surface area contributed by atoms with E-state index in [9.17, 15) is 9.59 Å². The standard InChI is InChI=1S/C20H18N4O2/c1-21-19(25)11-14-7-9-17(10-8-14)23-20(26)16-12-18(24-22-13-16)15-5-3-2-4-6-15/h2-10,12-13H,11H2,1H3,(H,21,25)(H,23,26). The van der Waals surface area contributed by atoms with Crippen molar-refractivity contribution in [1.29, 1.82) is 0 Å². The van der Waals surface area contributed by atoms with E-state index >= 15 is 0 Å². The number of carbonyl (C=O) groups is 2. The molecule has 2 amide bonds. The number of likely N-dealkylation sites (N-methyl/N-ethyl adjacent to an activating group) is 1. The molecule has 0 radical (unpaired) electrons. The van der Waals surface area contributed by atoms with Gasteiger partial charge in [-0.15, -0.1) is 0 Å². The number of amides is 2. The second-order valence-electron chi connectivity index (χ2n) is 5.70. The van der Waals surface area contributed by atoms with Gasteiger partial charge in [0.05, 0.1) is 23.9 Å². The lowest BCUT2D eigenvalue weighted by molar-refractivity contribution is -0.119. The third kappa shape index (κ3) is 4.30. The first-order valence-electron chi connectivity index (χ1n) is 8.15. The van der Waals surface area contributed by atoms with Crippen LogP contribution in [0.1, 0.15) is 15.9 Å². The number of carbonyl (C=O) groups excluding carboxylic acids is 2. The lowest BCUT2D eigenvalue weighted by Gasteiger charge is -2.07. The topological polar surface area (TPSA) is 84.0 Å². The summed E-state index contributed by atoms with van der Waals surface area (Å²) >= 11 is 0. The van der Waals surface area contributed by atoms with Gasteiger partial charge in [0.15, 0.2) is 0 Å². The third-order valence-corrected chi connectivity index (χ3v) is 3.84. The summed E-state index contributed by atoms with van der Waals surface area (Å²) in [6, 6.07) is 18.4. The molecule has 0 saturated heterocycles. The van der Waals surface area contributed by atoms with Crippen LogP contribution in [0.5, 0.6) is 0 Å². The van der Waals surface area contributed by atoms with Crippen LogP contribution in [0.3, 0.4) is 0 Å². The highest BCUT2D eigenvalue weighted by atomic mass is 16.2. The molecule has 2 N–H and O–H groups in total. The minimum atomic E-state index is -0.267. The van der Waals surface area contributed by atoms with E-state index in [1.807, 2.05) is 42.5 Å². The lowest BCUT2D eigenvalue weighted by Crippen LogP contribution is -2.19. The maximum absolute atomic E-state index is 12.5. The highest BCUT2D eigenvalue weighted by Crippen LogP contribution is 2.17. The second kappa shape index (κ2) is 8.02. The minimum Gasteiger partial charge on any atom is -0.359 e. The molecular formula is C20H18N4O2. The lowest BCUT2D eigenvalue weighted by atomic mass is 10.1. The molecule has 0 bridgehead atoms. The molecule has 0 aliphatic rings. The molecule has 6 heteroatoms. The Bertz CT molecular complexity index is 909. The highest BCUT2D eigenvalue weighted by molar-refractivity contribution is 6.04. The third-order valence-electron chi connectivity index (χ3n) is 3.84. The van der Waals surface area contributed by atoms with Gasteiger partial charge in [-0.3, -0.25) is 9.59 Å². The fraction of sp³-hybridized carbons (Fsp3) is 0.100. The molecule has 0 aliphatic heterocycles. The molecule has 0 spiro atoms. The van der Waals surface area contributed by atoms with Crippen LogP contribution in [0.2, 0.25) is 0 Å². The van der Waals surface area contributed by atoms with Crippen LogP contribution in [0, 0.1) is 0 Å². The number of aromatic nitrogens is 2. The van der Waals surface area contributed by atoms with Crippen LogP contribution in [0.4, 0.5) is 5.69 Å². The zero-order valence-electron chi connectivity index (χ0n) is 14.3. The molecule has 1 aromatic heterocycles. The molecule has 0 unspecified atom stereocenters. The number of benzene rings is 2. The van der Waals surface area contributed by atoms with E-state index in [2.05, 4.69) is 20.8 Å². The Hall–Kier alpha value is -3.54. The van der Waals surface area contributed by atoms with Gasteiger partial charge in [0, 0.05) is 18.3 Å². The number of nitrogens with one attached hydrogen (secondary N) is 2. The SMILES string of the molecule is CNC(=O)Cc1ccc(NC(=O)c2cnnc(-c3ccccc3)c2)cc1. The van der Waals surface area contributed by atoms with Gasteiger partial charge >= 0.3 is 0 Å². The largest absolute Gasteiger partial charge is 0.359 e. The number of anilines is 1. The van der Waals surface area contributed by atoms with Crippen LogP contribution in [0.25, 0.3) is 11.3 Å². The smallest absolute Gasteiger partial charge is 0.257 e. The highest BCUT2D eigenvalue weighted by Gasteiger charge is 2.10. The van der Waals surface area contributed by atoms with Crippen LogP contribution in [-0.4, -0.2) is 29.1 Å². The normalized spacial score (nSPS) is 10.2. The van der Waals surface area contributed by atoms with Crippen molar-refractivity contribution in [2.75, 3.05) is 12.4 Å². The summed E-state index contributed by atoms with van der Waals surface area (Å²) in [5.74, 6) is -0.325. The van der Waals surface area contributed by atoms with Crippen LogP contribution in [0.15, 0.2) is 66.9 Å². The Morgan fingerprint density at radius 2 is 1.73 bits per heavy atom. The van der Waals surface area contributed by atoms with Gasteiger partial charge < -0.3 is 10.6 Å². The van der Waals surface area contributed by atoms with E-state index in [1.165, 1.54) is 6.20 Å². The minimum absolute atomic E-state index is 0.0573. The van der Waals surface area contributed by atoms with Gasteiger partial charge in [-0.2, -0.15) is 10.2 Å². The van der Waals surface area contributed by atoms with Gasteiger partial charge in [0.2, 0.25) is 5.91 Å². The zero-order chi connectivity index (χ0) is 18.4. The maximum atomic E-state index is 12.5. The van der Waals surface area contributed by atoms with E-state index in [0.717, 1.165) is 11.1 Å². The number of hydrogen-bond acceptors (Lipinski definition) is 4. The molecule has 26 heavy (non-hydrogen) atoms. The first-order chi connectivity index (χ1) is 12.7. The fourth-order valence-electron chi connectivity index (χ4n) is 2.42. The Balaban J connectivity index is 1.71. The molecule has 0 saturated carbocycles. The molecule has 3 rings (SSSR count). The van der Waals surface area contributed by atoms with Gasteiger partial charge in [-0.1, -0.05) is 42.5 Å². The van der Waals surface area contributed by atoms with Gasteiger partial charge in [-0.25, -0.2) is 0 Å². The van der Waals surface area contributed by atoms with E-state index in [4.69, 9.17) is 0 Å². The summed E-state index contributed by atoms with van der Waals surface area (Å²) in [6.07, 6.45) is 1.74. The molecule has 2 aromatic carbocycles. The van der Waals surface area contributed by atoms with Crippen molar-refractivity contribution in [3.8, 4) is 11.3 Å². The second-order valence-corrected chi connectivity index (χ2v) is 5.70. The Morgan fingerprint density at radius 1 is 1.00 bits per heavy atom. The van der Waals surface area contributed by atoms with E-state index in [-0.39, 0.29) is 11.8 Å². The van der Waals surface area contributed by atoms with Gasteiger partial charge in [-0.05, 0) is 23.8 Å². The van der Waals surface area contributed by atoms with E-state index in [1.54, 1.807) is 25.2 Å². The molecular weight excluding hydrogens is 328 g/mol. The summed E-state index contributed by atoms with van der Waals surface area (Å²) in [6.45, 7) is 0. The van der Waals surface area contributed by atoms with Crippen LogP contribution < -0.4 is 10.6 Å². The summed E-state index contributed by atoms with van der Waals surface area (Å²) in [4.78, 5) is 23.8. The molecule has 0 aliphatic carbocycles. The molecule has 0 fully saturated rings. The van der Waals surface area contributed by atoms with Crippen molar-refractivity contribution < 1.29 is 9.59 Å². The molecule has 6 nitrogen and oxygen atoms in total. The predicted octanol–water partition coefficient (Wildman–Crippen LogP) is 2.68. The van der Waals surface area contributed by atoms with Crippen LogP contribution in [-0.2, 0) is 11.2 Å². The monoisotopic (exact) mass is 346 g/mol. The van der Waals surface area contributed by atoms with Crippen molar-refractivity contribution in [2.45, 2.75) is 6.42 Å². The van der Waals surface area contributed by atoms with Crippen molar-refractivity contribution in [3.63, 3.8) is 0 Å². The number of nitrogens with zero attached hydrogens (tertiary/aromatic N) is 2. The van der Waals surface area contributed by atoms with Crippen molar-refractivity contribution in [2.24, 2.45) is 0 Å². The number of rotatable bonds is 5.